The summed E-state index contributed by atoms with van der Waals surface area (Å²) in [5.74, 6) is 1.72. The zero-order valence-corrected chi connectivity index (χ0v) is 18.0. The summed E-state index contributed by atoms with van der Waals surface area (Å²) >= 11 is 0. The molecule has 158 valence electrons. The molecule has 0 fully saturated rings. The van der Waals surface area contributed by atoms with Crippen molar-refractivity contribution in [1.82, 2.24) is 19.9 Å². The van der Waals surface area contributed by atoms with Gasteiger partial charge in [-0.25, -0.2) is 14.8 Å². The number of rotatable bonds is 8. The molecule has 0 aliphatic heterocycles. The van der Waals surface area contributed by atoms with Crippen LogP contribution in [0.15, 0.2) is 36.5 Å². The highest BCUT2D eigenvalue weighted by atomic mass is 35.5. The fraction of sp³-hybridized carbons (Fsp3) is 0.316. The lowest BCUT2D eigenvalue weighted by Gasteiger charge is -2.18. The van der Waals surface area contributed by atoms with Crippen LogP contribution in [0.25, 0.3) is 22.4 Å². The minimum Gasteiger partial charge on any atom is -0.408 e. The number of nitrogens with one attached hydrogen (secondary N) is 2. The highest BCUT2D eigenvalue weighted by molar-refractivity contribution is 5.88. The molecule has 0 aliphatic rings. The number of primary amides is 1. The molecule has 0 radical (unpaired) electrons. The third-order valence-corrected chi connectivity index (χ3v) is 4.36. The summed E-state index contributed by atoms with van der Waals surface area (Å²) in [4.78, 5) is 25.7. The second kappa shape index (κ2) is 11.5. The monoisotopic (exact) mass is 440 g/mol. The SMILES string of the molecule is CCN(CC)CCNc1ncccc1-c1nc2c(OC(N)=O)cccc2[nH]1.Cl.Cl. The number of hydrogen-bond donors (Lipinski definition) is 3. The number of pyridine rings is 1. The summed E-state index contributed by atoms with van der Waals surface area (Å²) in [5, 5.41) is 3.38. The molecule has 0 saturated carbocycles. The van der Waals surface area contributed by atoms with Crippen LogP contribution in [-0.4, -0.2) is 52.1 Å². The molecule has 2 heterocycles. The van der Waals surface area contributed by atoms with Gasteiger partial charge < -0.3 is 25.7 Å². The number of para-hydroxylation sites is 1. The van der Waals surface area contributed by atoms with Crippen LogP contribution in [0.1, 0.15) is 13.8 Å². The quantitative estimate of drug-likeness (QED) is 0.492. The van der Waals surface area contributed by atoms with Crippen molar-refractivity contribution < 1.29 is 9.53 Å². The number of H-pyrrole nitrogens is 1. The molecule has 0 aliphatic carbocycles. The molecule has 0 bridgehead atoms. The van der Waals surface area contributed by atoms with Gasteiger partial charge in [-0.15, -0.1) is 24.8 Å². The molecular weight excluding hydrogens is 415 g/mol. The lowest BCUT2D eigenvalue weighted by atomic mass is 10.2. The van der Waals surface area contributed by atoms with E-state index in [0.29, 0.717) is 17.1 Å². The van der Waals surface area contributed by atoms with Gasteiger partial charge >= 0.3 is 6.09 Å². The number of imidazole rings is 1. The first kappa shape index (κ1) is 24.5. The third kappa shape index (κ3) is 5.96. The molecular formula is C19H26Cl2N6O2. The van der Waals surface area contributed by atoms with E-state index < -0.39 is 6.09 Å². The normalized spacial score (nSPS) is 10.3. The summed E-state index contributed by atoms with van der Waals surface area (Å²) in [6, 6.07) is 9.10. The van der Waals surface area contributed by atoms with Crippen LogP contribution in [0.2, 0.25) is 0 Å². The van der Waals surface area contributed by atoms with E-state index in [1.54, 1.807) is 18.3 Å². The molecule has 10 heteroatoms. The number of anilines is 1. The average Bonchev–Trinajstić information content (AvgIpc) is 3.10. The van der Waals surface area contributed by atoms with Crippen molar-refractivity contribution in [2.24, 2.45) is 5.73 Å². The van der Waals surface area contributed by atoms with Gasteiger partial charge in [-0.2, -0.15) is 0 Å². The van der Waals surface area contributed by atoms with Crippen LogP contribution >= 0.6 is 24.8 Å². The van der Waals surface area contributed by atoms with Gasteiger partial charge in [0.1, 0.15) is 17.2 Å². The van der Waals surface area contributed by atoms with E-state index in [9.17, 15) is 4.79 Å². The van der Waals surface area contributed by atoms with Crippen LogP contribution in [0.3, 0.4) is 0 Å². The Labute approximate surface area is 182 Å². The average molecular weight is 441 g/mol. The number of benzene rings is 1. The lowest BCUT2D eigenvalue weighted by molar-refractivity contribution is 0.211. The molecule has 0 unspecified atom stereocenters. The number of carbonyl (C=O) groups excluding carboxylic acids is 1. The van der Waals surface area contributed by atoms with Crippen molar-refractivity contribution >= 4 is 47.8 Å². The first-order chi connectivity index (χ1) is 13.1. The first-order valence-electron chi connectivity index (χ1n) is 9.00. The molecule has 1 aromatic carbocycles. The largest absolute Gasteiger partial charge is 0.410 e. The number of halogens is 2. The standard InChI is InChI=1S/C19H24N6O2.2ClH/c1-3-25(4-2)12-11-22-17-13(7-6-10-21-17)18-23-14-8-5-9-15(16(14)24-18)27-19(20)26;;/h5-10H,3-4,11-12H2,1-2H3,(H2,20,26)(H,21,22)(H,23,24);2*1H. The van der Waals surface area contributed by atoms with Crippen LogP contribution in [-0.2, 0) is 0 Å². The van der Waals surface area contributed by atoms with E-state index in [4.69, 9.17) is 10.5 Å². The Kier molecular flexibility index (Phi) is 9.67. The van der Waals surface area contributed by atoms with E-state index in [0.717, 1.165) is 43.1 Å². The predicted molar refractivity (Wildman–Crippen MR) is 120 cm³/mol. The molecule has 0 atom stereocenters. The molecule has 3 rings (SSSR count). The number of amides is 1. The maximum atomic E-state index is 11.1. The third-order valence-electron chi connectivity index (χ3n) is 4.36. The van der Waals surface area contributed by atoms with E-state index in [1.165, 1.54) is 0 Å². The number of ether oxygens (including phenoxy) is 1. The Balaban J connectivity index is 0.00000210. The van der Waals surface area contributed by atoms with Gasteiger partial charge in [0.05, 0.1) is 11.1 Å². The minimum atomic E-state index is -0.868. The van der Waals surface area contributed by atoms with Crippen molar-refractivity contribution in [3.63, 3.8) is 0 Å². The number of aromatic nitrogens is 3. The van der Waals surface area contributed by atoms with Crippen molar-refractivity contribution in [3.8, 4) is 17.1 Å². The summed E-state index contributed by atoms with van der Waals surface area (Å²) in [7, 11) is 0. The van der Waals surface area contributed by atoms with Crippen LogP contribution < -0.4 is 15.8 Å². The molecule has 29 heavy (non-hydrogen) atoms. The molecule has 8 nitrogen and oxygen atoms in total. The summed E-state index contributed by atoms with van der Waals surface area (Å²) in [5.41, 5.74) is 7.28. The van der Waals surface area contributed by atoms with Crippen molar-refractivity contribution in [1.29, 1.82) is 0 Å². The number of aromatic amines is 1. The summed E-state index contributed by atoms with van der Waals surface area (Å²) in [6.45, 7) is 8.03. The van der Waals surface area contributed by atoms with E-state index in [-0.39, 0.29) is 24.8 Å². The van der Waals surface area contributed by atoms with Crippen molar-refractivity contribution in [3.05, 3.63) is 36.5 Å². The van der Waals surface area contributed by atoms with Gasteiger partial charge in [0.25, 0.3) is 0 Å². The van der Waals surface area contributed by atoms with Gasteiger partial charge in [-0.1, -0.05) is 19.9 Å². The zero-order chi connectivity index (χ0) is 19.2. The zero-order valence-electron chi connectivity index (χ0n) is 16.3. The van der Waals surface area contributed by atoms with E-state index in [2.05, 4.69) is 39.0 Å². The fourth-order valence-corrected chi connectivity index (χ4v) is 2.93. The molecule has 0 saturated heterocycles. The lowest BCUT2D eigenvalue weighted by Crippen LogP contribution is -2.28. The Bertz CT molecular complexity index is 930. The summed E-state index contributed by atoms with van der Waals surface area (Å²) < 4.78 is 5.04. The fourth-order valence-electron chi connectivity index (χ4n) is 2.93. The maximum Gasteiger partial charge on any atom is 0.410 e. The van der Waals surface area contributed by atoms with Gasteiger partial charge in [0.2, 0.25) is 0 Å². The number of likely N-dealkylation sites (N-methyl/N-ethyl adjacent to an activating group) is 1. The predicted octanol–water partition coefficient (Wildman–Crippen LogP) is 3.68. The smallest absolute Gasteiger partial charge is 0.408 e. The van der Waals surface area contributed by atoms with Crippen molar-refractivity contribution in [2.75, 3.05) is 31.5 Å². The maximum absolute atomic E-state index is 11.1. The molecule has 4 N–H and O–H groups in total. The van der Waals surface area contributed by atoms with Gasteiger partial charge in [-0.05, 0) is 37.4 Å². The van der Waals surface area contributed by atoms with Gasteiger partial charge in [0.15, 0.2) is 5.75 Å². The second-order valence-electron chi connectivity index (χ2n) is 6.01. The van der Waals surface area contributed by atoms with E-state index in [1.807, 2.05) is 18.2 Å². The summed E-state index contributed by atoms with van der Waals surface area (Å²) in [6.07, 6.45) is 0.875. The number of nitrogens with two attached hydrogens (primary N) is 1. The van der Waals surface area contributed by atoms with Gasteiger partial charge in [0, 0.05) is 19.3 Å². The molecule has 0 spiro atoms. The molecule has 2 aromatic heterocycles. The number of fused-ring (bicyclic) bond motifs is 1. The highest BCUT2D eigenvalue weighted by Crippen LogP contribution is 2.29. The Hall–Kier alpha value is -2.55. The molecule has 3 aromatic rings. The van der Waals surface area contributed by atoms with Crippen LogP contribution in [0.5, 0.6) is 5.75 Å². The van der Waals surface area contributed by atoms with E-state index >= 15 is 0 Å². The number of hydrogen-bond acceptors (Lipinski definition) is 6. The van der Waals surface area contributed by atoms with Crippen LogP contribution in [0.4, 0.5) is 10.6 Å². The molecule has 1 amide bonds. The first-order valence-corrected chi connectivity index (χ1v) is 9.00. The minimum absolute atomic E-state index is 0. The number of carbonyl (C=O) groups is 1. The van der Waals surface area contributed by atoms with Gasteiger partial charge in [-0.3, -0.25) is 0 Å². The second-order valence-corrected chi connectivity index (χ2v) is 6.01. The highest BCUT2D eigenvalue weighted by Gasteiger charge is 2.14. The van der Waals surface area contributed by atoms with Crippen LogP contribution in [0, 0.1) is 0 Å². The Morgan fingerprint density at radius 1 is 1.21 bits per heavy atom. The Morgan fingerprint density at radius 2 is 1.97 bits per heavy atom. The Morgan fingerprint density at radius 3 is 2.66 bits per heavy atom. The number of nitrogens with zero attached hydrogens (tertiary/aromatic N) is 3. The van der Waals surface area contributed by atoms with Crippen molar-refractivity contribution in [2.45, 2.75) is 13.8 Å². The topological polar surface area (TPSA) is 109 Å².